The van der Waals surface area contributed by atoms with Gasteiger partial charge in [0.1, 0.15) is 5.82 Å². The summed E-state index contributed by atoms with van der Waals surface area (Å²) in [5.74, 6) is 5.17. The number of piperazine rings is 1. The summed E-state index contributed by atoms with van der Waals surface area (Å²) in [5, 5.41) is 3.27. The van der Waals surface area contributed by atoms with Crippen LogP contribution in [0.25, 0.3) is 0 Å². The van der Waals surface area contributed by atoms with Gasteiger partial charge in [-0.25, -0.2) is 9.78 Å². The van der Waals surface area contributed by atoms with Gasteiger partial charge in [-0.2, -0.15) is 11.8 Å². The zero-order valence-electron chi connectivity index (χ0n) is 14.1. The molecule has 1 saturated carbocycles. The Balaban J connectivity index is 1.28. The van der Waals surface area contributed by atoms with E-state index in [1.165, 1.54) is 24.3 Å². The normalized spacial score (nSPS) is 27.4. The lowest BCUT2D eigenvalue weighted by Gasteiger charge is -2.36. The van der Waals surface area contributed by atoms with Crippen molar-refractivity contribution in [2.45, 2.75) is 25.8 Å². The molecule has 2 atom stereocenters. The molecular weight excluding hydrogens is 322 g/mol. The number of thioether (sulfide) groups is 1. The highest BCUT2D eigenvalue weighted by atomic mass is 32.2. The van der Waals surface area contributed by atoms with E-state index in [9.17, 15) is 4.79 Å². The standard InChI is InChI=1S/C17H25N5OS/c1-12-16(19-3-2-18-12)21-4-6-22(7-5-21)17(23)20-15-8-13-10-24-11-14(13)9-15/h2-3,13-15H,4-11H2,1H3,(H,20,23)/t13-,14-/m1/s1. The number of fused-ring (bicyclic) bond motifs is 1. The first-order chi connectivity index (χ1) is 11.7. The monoisotopic (exact) mass is 347 g/mol. The second-order valence-electron chi connectivity index (χ2n) is 7.11. The Labute approximate surface area is 147 Å². The van der Waals surface area contributed by atoms with E-state index in [0.29, 0.717) is 6.04 Å². The average molecular weight is 347 g/mol. The highest BCUT2D eigenvalue weighted by molar-refractivity contribution is 7.99. The van der Waals surface area contributed by atoms with Gasteiger partial charge in [0, 0.05) is 44.6 Å². The van der Waals surface area contributed by atoms with E-state index >= 15 is 0 Å². The van der Waals surface area contributed by atoms with Crippen LogP contribution in [-0.2, 0) is 0 Å². The van der Waals surface area contributed by atoms with Gasteiger partial charge in [-0.3, -0.25) is 4.98 Å². The molecule has 24 heavy (non-hydrogen) atoms. The number of urea groups is 1. The number of anilines is 1. The van der Waals surface area contributed by atoms with Crippen molar-refractivity contribution in [3.63, 3.8) is 0 Å². The van der Waals surface area contributed by atoms with Crippen molar-refractivity contribution in [2.75, 3.05) is 42.6 Å². The van der Waals surface area contributed by atoms with Crippen molar-refractivity contribution in [1.29, 1.82) is 0 Å². The van der Waals surface area contributed by atoms with Crippen molar-refractivity contribution in [1.82, 2.24) is 20.2 Å². The second-order valence-corrected chi connectivity index (χ2v) is 8.19. The third-order valence-corrected chi connectivity index (χ3v) is 6.88. The topological polar surface area (TPSA) is 61.4 Å². The van der Waals surface area contributed by atoms with Crippen LogP contribution in [0.4, 0.5) is 10.6 Å². The average Bonchev–Trinajstić information content (AvgIpc) is 3.17. The van der Waals surface area contributed by atoms with Crippen molar-refractivity contribution >= 4 is 23.6 Å². The number of aryl methyl sites for hydroxylation is 1. The first-order valence-corrected chi connectivity index (χ1v) is 10.0. The van der Waals surface area contributed by atoms with E-state index in [4.69, 9.17) is 0 Å². The Morgan fingerprint density at radius 2 is 1.79 bits per heavy atom. The molecule has 1 aromatic rings. The fourth-order valence-electron chi connectivity index (χ4n) is 4.21. The largest absolute Gasteiger partial charge is 0.352 e. The number of carbonyl (C=O) groups excluding carboxylic acids is 1. The van der Waals surface area contributed by atoms with Crippen molar-refractivity contribution in [3.05, 3.63) is 18.1 Å². The number of nitrogens with zero attached hydrogens (tertiary/aromatic N) is 4. The van der Waals surface area contributed by atoms with Crippen molar-refractivity contribution in [3.8, 4) is 0 Å². The predicted molar refractivity (Wildman–Crippen MR) is 96.4 cm³/mol. The molecule has 6 nitrogen and oxygen atoms in total. The maximum absolute atomic E-state index is 12.5. The lowest BCUT2D eigenvalue weighted by atomic mass is 10.0. The number of carbonyl (C=O) groups is 1. The SMILES string of the molecule is Cc1nccnc1N1CCN(C(=O)NC2C[C@@H]3CSC[C@H]3C2)CC1. The molecule has 3 aliphatic rings. The minimum atomic E-state index is 0.114. The van der Waals surface area contributed by atoms with E-state index in [2.05, 4.69) is 31.9 Å². The fraction of sp³-hybridized carbons (Fsp3) is 0.706. The quantitative estimate of drug-likeness (QED) is 0.883. The molecule has 4 rings (SSSR count). The Kier molecular flexibility index (Phi) is 4.52. The van der Waals surface area contributed by atoms with Gasteiger partial charge >= 0.3 is 6.03 Å². The fourth-order valence-corrected chi connectivity index (χ4v) is 5.76. The highest BCUT2D eigenvalue weighted by Gasteiger charge is 2.38. The van der Waals surface area contributed by atoms with Gasteiger partial charge in [0.05, 0.1) is 5.69 Å². The van der Waals surface area contributed by atoms with Gasteiger partial charge in [0.15, 0.2) is 0 Å². The summed E-state index contributed by atoms with van der Waals surface area (Å²) in [6.45, 7) is 5.12. The third kappa shape index (κ3) is 3.18. The molecule has 1 aliphatic carbocycles. The van der Waals surface area contributed by atoms with Crippen LogP contribution < -0.4 is 10.2 Å². The summed E-state index contributed by atoms with van der Waals surface area (Å²) >= 11 is 2.07. The first kappa shape index (κ1) is 16.0. The molecule has 3 fully saturated rings. The molecule has 1 N–H and O–H groups in total. The van der Waals surface area contributed by atoms with E-state index in [1.54, 1.807) is 12.4 Å². The Bertz CT molecular complexity index is 592. The smallest absolute Gasteiger partial charge is 0.317 e. The van der Waals surface area contributed by atoms with Gasteiger partial charge in [0.2, 0.25) is 0 Å². The molecule has 0 unspecified atom stereocenters. The number of hydrogen-bond acceptors (Lipinski definition) is 5. The van der Waals surface area contributed by atoms with E-state index in [1.807, 2.05) is 11.8 Å². The summed E-state index contributed by atoms with van der Waals surface area (Å²) in [5.41, 5.74) is 0.950. The Hall–Kier alpha value is -1.50. The molecule has 3 heterocycles. The van der Waals surface area contributed by atoms with Gasteiger partial charge in [-0.05, 0) is 43.1 Å². The number of aromatic nitrogens is 2. The van der Waals surface area contributed by atoms with Gasteiger partial charge in [0.25, 0.3) is 0 Å². The van der Waals surface area contributed by atoms with E-state index in [0.717, 1.165) is 49.5 Å². The van der Waals surface area contributed by atoms with Gasteiger partial charge in [-0.15, -0.1) is 0 Å². The first-order valence-electron chi connectivity index (χ1n) is 8.86. The molecule has 1 aromatic heterocycles. The van der Waals surface area contributed by atoms with Crippen LogP contribution >= 0.6 is 11.8 Å². The van der Waals surface area contributed by atoms with Crippen LogP contribution in [-0.4, -0.2) is 64.6 Å². The lowest BCUT2D eigenvalue weighted by molar-refractivity contribution is 0.190. The van der Waals surface area contributed by atoms with E-state index < -0.39 is 0 Å². The number of hydrogen-bond donors (Lipinski definition) is 1. The molecule has 7 heteroatoms. The number of nitrogens with one attached hydrogen (secondary N) is 1. The van der Waals surface area contributed by atoms with Crippen molar-refractivity contribution < 1.29 is 4.79 Å². The zero-order valence-corrected chi connectivity index (χ0v) is 15.0. The van der Waals surface area contributed by atoms with Crippen LogP contribution in [0.3, 0.4) is 0 Å². The van der Waals surface area contributed by atoms with Crippen LogP contribution in [0.1, 0.15) is 18.5 Å². The summed E-state index contributed by atoms with van der Waals surface area (Å²) in [6.07, 6.45) is 5.79. The molecule has 0 bridgehead atoms. The molecule has 2 aliphatic heterocycles. The van der Waals surface area contributed by atoms with E-state index in [-0.39, 0.29) is 6.03 Å². The van der Waals surface area contributed by atoms with Crippen molar-refractivity contribution in [2.24, 2.45) is 11.8 Å². The zero-order chi connectivity index (χ0) is 16.5. The molecule has 130 valence electrons. The van der Waals surface area contributed by atoms with Crippen LogP contribution in [0.5, 0.6) is 0 Å². The molecule has 2 saturated heterocycles. The molecule has 0 spiro atoms. The van der Waals surface area contributed by atoms with Crippen LogP contribution in [0.15, 0.2) is 12.4 Å². The third-order valence-electron chi connectivity index (χ3n) is 5.55. The number of rotatable bonds is 2. The maximum Gasteiger partial charge on any atom is 0.317 e. The Morgan fingerprint density at radius 3 is 2.46 bits per heavy atom. The molecule has 0 aromatic carbocycles. The van der Waals surface area contributed by atoms with Crippen LogP contribution in [0, 0.1) is 18.8 Å². The summed E-state index contributed by atoms with van der Waals surface area (Å²) in [6, 6.07) is 0.497. The lowest BCUT2D eigenvalue weighted by Crippen LogP contribution is -2.53. The molecular formula is C17H25N5OS. The highest BCUT2D eigenvalue weighted by Crippen LogP contribution is 2.42. The van der Waals surface area contributed by atoms with Crippen LogP contribution in [0.2, 0.25) is 0 Å². The number of amides is 2. The summed E-state index contributed by atoms with van der Waals surface area (Å²) in [7, 11) is 0. The Morgan fingerprint density at radius 1 is 1.12 bits per heavy atom. The summed E-state index contributed by atoms with van der Waals surface area (Å²) in [4.78, 5) is 25.5. The predicted octanol–water partition coefficient (Wildman–Crippen LogP) is 1.76. The summed E-state index contributed by atoms with van der Waals surface area (Å²) < 4.78 is 0. The minimum Gasteiger partial charge on any atom is -0.352 e. The molecule has 0 radical (unpaired) electrons. The maximum atomic E-state index is 12.5. The second kappa shape index (κ2) is 6.78. The van der Waals surface area contributed by atoms with Gasteiger partial charge < -0.3 is 15.1 Å². The van der Waals surface area contributed by atoms with Gasteiger partial charge in [-0.1, -0.05) is 0 Å². The molecule has 2 amide bonds. The minimum absolute atomic E-state index is 0.114.